The molecule has 2 saturated heterocycles. The zero-order chi connectivity index (χ0) is 15.0. The van der Waals surface area contributed by atoms with Gasteiger partial charge in [0.05, 0.1) is 0 Å². The quantitative estimate of drug-likeness (QED) is 0.782. The van der Waals surface area contributed by atoms with Crippen LogP contribution >= 0.6 is 0 Å². The van der Waals surface area contributed by atoms with Gasteiger partial charge in [0, 0.05) is 44.1 Å². The lowest BCUT2D eigenvalue weighted by Gasteiger charge is -2.49. The molecule has 0 spiro atoms. The Bertz CT molecular complexity index is 383. The molecule has 0 aromatic heterocycles. The van der Waals surface area contributed by atoms with E-state index in [4.69, 9.17) is 0 Å². The van der Waals surface area contributed by atoms with E-state index in [0.29, 0.717) is 29.6 Å². The number of ketones is 1. The van der Waals surface area contributed by atoms with E-state index >= 15 is 0 Å². The van der Waals surface area contributed by atoms with Crippen molar-refractivity contribution in [2.24, 2.45) is 17.8 Å². The zero-order valence-electron chi connectivity index (χ0n) is 14.1. The minimum absolute atomic E-state index is 0.291. The lowest BCUT2D eigenvalue weighted by Crippen LogP contribution is -2.60. The predicted molar refractivity (Wildman–Crippen MR) is 86.3 cm³/mol. The monoisotopic (exact) mass is 292 g/mol. The van der Waals surface area contributed by atoms with Crippen molar-refractivity contribution in [2.75, 3.05) is 26.2 Å². The summed E-state index contributed by atoms with van der Waals surface area (Å²) in [5, 5.41) is 0. The number of hydrogen-bond acceptors (Lipinski definition) is 3. The Morgan fingerprint density at radius 2 is 1.95 bits per heavy atom. The summed E-state index contributed by atoms with van der Waals surface area (Å²) in [5.41, 5.74) is 0. The fraction of sp³-hybridized carbons (Fsp3) is 0.944. The molecule has 120 valence electrons. The summed E-state index contributed by atoms with van der Waals surface area (Å²) in [4.78, 5) is 17.8. The van der Waals surface area contributed by atoms with E-state index in [-0.39, 0.29) is 0 Å². The van der Waals surface area contributed by atoms with Crippen molar-refractivity contribution in [1.82, 2.24) is 9.80 Å². The van der Waals surface area contributed by atoms with Gasteiger partial charge >= 0.3 is 0 Å². The third-order valence-electron chi connectivity index (χ3n) is 6.17. The fourth-order valence-corrected chi connectivity index (χ4v) is 4.90. The first kappa shape index (κ1) is 15.5. The predicted octanol–water partition coefficient (Wildman–Crippen LogP) is 2.80. The van der Waals surface area contributed by atoms with Crippen LogP contribution in [-0.4, -0.2) is 53.8 Å². The number of Topliss-reactive ketones (excluding diaryl/α,β-unsaturated/α-hetero) is 1. The van der Waals surface area contributed by atoms with Gasteiger partial charge in [0.15, 0.2) is 0 Å². The first-order valence-corrected chi connectivity index (χ1v) is 9.05. The summed E-state index contributed by atoms with van der Waals surface area (Å²) in [6, 6.07) is 1.36. The molecular formula is C18H32N2O. The van der Waals surface area contributed by atoms with Crippen LogP contribution in [0.2, 0.25) is 0 Å². The molecule has 0 bridgehead atoms. The van der Waals surface area contributed by atoms with Crippen molar-refractivity contribution in [3.63, 3.8) is 0 Å². The van der Waals surface area contributed by atoms with Crippen molar-refractivity contribution in [2.45, 2.75) is 65.0 Å². The largest absolute Gasteiger partial charge is 0.299 e. The van der Waals surface area contributed by atoms with Gasteiger partial charge in [0.1, 0.15) is 5.78 Å². The van der Waals surface area contributed by atoms with E-state index in [1.807, 2.05) is 0 Å². The average molecular weight is 292 g/mol. The van der Waals surface area contributed by atoms with Crippen LogP contribution in [0.5, 0.6) is 0 Å². The highest BCUT2D eigenvalue weighted by atomic mass is 16.1. The average Bonchev–Trinajstić information content (AvgIpc) is 2.43. The minimum atomic E-state index is 0.291. The van der Waals surface area contributed by atoms with Crippen molar-refractivity contribution >= 4 is 5.78 Å². The molecule has 3 heteroatoms. The molecule has 5 atom stereocenters. The topological polar surface area (TPSA) is 23.6 Å². The molecule has 3 aliphatic rings. The second-order valence-electron chi connectivity index (χ2n) is 8.04. The maximum absolute atomic E-state index is 12.4. The Hall–Kier alpha value is -0.410. The summed E-state index contributed by atoms with van der Waals surface area (Å²) in [5.74, 6) is 1.98. The van der Waals surface area contributed by atoms with Gasteiger partial charge in [-0.05, 0) is 44.6 Å². The van der Waals surface area contributed by atoms with E-state index in [1.165, 1.54) is 45.3 Å². The normalized spacial score (nSPS) is 42.8. The number of carbonyl (C=O) groups excluding carboxylic acids is 1. The third-order valence-corrected chi connectivity index (χ3v) is 6.17. The van der Waals surface area contributed by atoms with Crippen LogP contribution in [-0.2, 0) is 4.79 Å². The van der Waals surface area contributed by atoms with Crippen LogP contribution in [0.1, 0.15) is 52.9 Å². The molecule has 1 saturated carbocycles. The van der Waals surface area contributed by atoms with Crippen LogP contribution in [0, 0.1) is 17.8 Å². The van der Waals surface area contributed by atoms with Crippen LogP contribution in [0.25, 0.3) is 0 Å². The van der Waals surface area contributed by atoms with E-state index in [2.05, 4.69) is 30.6 Å². The molecule has 2 aliphatic heterocycles. The SMILES string of the molecule is CC1CC(=O)C(CN2CC3CCCCN3CC2C)C(C)C1. The Morgan fingerprint density at radius 1 is 1.14 bits per heavy atom. The maximum atomic E-state index is 12.4. The second kappa shape index (κ2) is 6.37. The third kappa shape index (κ3) is 3.34. The summed E-state index contributed by atoms with van der Waals surface area (Å²) < 4.78 is 0. The maximum Gasteiger partial charge on any atom is 0.137 e. The number of rotatable bonds is 2. The zero-order valence-corrected chi connectivity index (χ0v) is 14.1. The molecule has 1 aliphatic carbocycles. The summed E-state index contributed by atoms with van der Waals surface area (Å²) in [6.45, 7) is 11.6. The number of piperazine rings is 1. The first-order valence-electron chi connectivity index (χ1n) is 9.05. The standard InChI is InChI=1S/C18H32N2O/c1-13-8-14(2)17(18(21)9-13)12-20-11-16-6-4-5-7-19(16)10-15(20)3/h13-17H,4-12H2,1-3H3. The van der Waals surface area contributed by atoms with Crippen LogP contribution < -0.4 is 0 Å². The van der Waals surface area contributed by atoms with E-state index < -0.39 is 0 Å². The first-order chi connectivity index (χ1) is 10.0. The Kier molecular flexibility index (Phi) is 4.70. The van der Waals surface area contributed by atoms with Crippen LogP contribution in [0.4, 0.5) is 0 Å². The highest BCUT2D eigenvalue weighted by molar-refractivity contribution is 5.82. The molecule has 3 fully saturated rings. The Morgan fingerprint density at radius 3 is 2.71 bits per heavy atom. The van der Waals surface area contributed by atoms with Gasteiger partial charge in [-0.15, -0.1) is 0 Å². The second-order valence-corrected chi connectivity index (χ2v) is 8.04. The van der Waals surface area contributed by atoms with E-state index in [1.54, 1.807) is 0 Å². The molecule has 0 aromatic rings. The Labute approximate surface area is 130 Å². The van der Waals surface area contributed by atoms with Crippen molar-refractivity contribution in [1.29, 1.82) is 0 Å². The number of piperidine rings is 1. The van der Waals surface area contributed by atoms with Gasteiger partial charge in [-0.1, -0.05) is 20.3 Å². The summed E-state index contributed by atoms with van der Waals surface area (Å²) in [7, 11) is 0. The number of carbonyl (C=O) groups is 1. The van der Waals surface area contributed by atoms with Crippen molar-refractivity contribution in [3.8, 4) is 0 Å². The van der Waals surface area contributed by atoms with Crippen molar-refractivity contribution in [3.05, 3.63) is 0 Å². The molecule has 0 amide bonds. The molecule has 5 unspecified atom stereocenters. The van der Waals surface area contributed by atoms with E-state index in [0.717, 1.165) is 19.0 Å². The summed E-state index contributed by atoms with van der Waals surface area (Å²) in [6.07, 6.45) is 6.16. The summed E-state index contributed by atoms with van der Waals surface area (Å²) >= 11 is 0. The van der Waals surface area contributed by atoms with Gasteiger partial charge in [0.2, 0.25) is 0 Å². The van der Waals surface area contributed by atoms with Gasteiger partial charge < -0.3 is 0 Å². The Balaban J connectivity index is 1.62. The molecule has 0 aromatic carbocycles. The minimum Gasteiger partial charge on any atom is -0.299 e. The molecule has 21 heavy (non-hydrogen) atoms. The van der Waals surface area contributed by atoms with Gasteiger partial charge in [-0.25, -0.2) is 0 Å². The highest BCUT2D eigenvalue weighted by Crippen LogP contribution is 2.33. The van der Waals surface area contributed by atoms with Crippen LogP contribution in [0.3, 0.4) is 0 Å². The number of fused-ring (bicyclic) bond motifs is 1. The van der Waals surface area contributed by atoms with Gasteiger partial charge in [-0.3, -0.25) is 14.6 Å². The van der Waals surface area contributed by atoms with E-state index in [9.17, 15) is 4.79 Å². The molecule has 3 nitrogen and oxygen atoms in total. The lowest BCUT2D eigenvalue weighted by molar-refractivity contribution is -0.129. The van der Waals surface area contributed by atoms with Gasteiger partial charge in [-0.2, -0.15) is 0 Å². The number of nitrogens with zero attached hydrogens (tertiary/aromatic N) is 2. The molecule has 2 heterocycles. The molecular weight excluding hydrogens is 260 g/mol. The highest BCUT2D eigenvalue weighted by Gasteiger charge is 2.38. The fourth-order valence-electron chi connectivity index (χ4n) is 4.90. The number of hydrogen-bond donors (Lipinski definition) is 0. The van der Waals surface area contributed by atoms with Gasteiger partial charge in [0.25, 0.3) is 0 Å². The van der Waals surface area contributed by atoms with Crippen LogP contribution in [0.15, 0.2) is 0 Å². The molecule has 0 radical (unpaired) electrons. The molecule has 3 rings (SSSR count). The molecule has 0 N–H and O–H groups in total. The smallest absolute Gasteiger partial charge is 0.137 e. The van der Waals surface area contributed by atoms with Crippen molar-refractivity contribution < 1.29 is 4.79 Å². The lowest BCUT2D eigenvalue weighted by atomic mass is 9.74.